The molecule has 1 fully saturated rings. The van der Waals surface area contributed by atoms with Crippen LogP contribution in [0.5, 0.6) is 11.5 Å². The fourth-order valence-corrected chi connectivity index (χ4v) is 6.07. The Hall–Kier alpha value is -3.05. The highest BCUT2D eigenvalue weighted by Gasteiger charge is 2.26. The van der Waals surface area contributed by atoms with Crippen molar-refractivity contribution in [2.75, 3.05) is 33.9 Å². The average Bonchev–Trinajstić information content (AvgIpc) is 2.98. The molecule has 9 nitrogen and oxygen atoms in total. The number of nitrogens with one attached hydrogen (secondary N) is 1. The summed E-state index contributed by atoms with van der Waals surface area (Å²) in [6.45, 7) is 2.95. The number of primary amides is 1. The Bertz CT molecular complexity index is 1360. The fourth-order valence-electron chi connectivity index (χ4n) is 4.77. The van der Waals surface area contributed by atoms with Gasteiger partial charge >= 0.3 is 0 Å². The van der Waals surface area contributed by atoms with E-state index in [1.807, 2.05) is 30.3 Å². The van der Waals surface area contributed by atoms with Gasteiger partial charge in [-0.25, -0.2) is 9.97 Å². The number of rotatable bonds is 12. The van der Waals surface area contributed by atoms with Gasteiger partial charge in [0.2, 0.25) is 11.8 Å². The molecule has 1 aliphatic heterocycles. The molecule has 0 bridgehead atoms. The molecule has 2 aromatic carbocycles. The summed E-state index contributed by atoms with van der Waals surface area (Å²) in [5.41, 5.74) is 8.07. The minimum Gasteiger partial charge on any atom is -0.493 e. The minimum absolute atomic E-state index is 0.124. The second kappa shape index (κ2) is 14.7. The molecule has 2 atom stereocenters. The summed E-state index contributed by atoms with van der Waals surface area (Å²) in [5, 5.41) is 3.77. The topological polar surface area (TPSA) is 120 Å². The Labute approximate surface area is 254 Å². The van der Waals surface area contributed by atoms with Gasteiger partial charge in [-0.05, 0) is 54.6 Å². The standard InChI is InChI=1S/C29H33Cl2N5O4S/c1-39-23-9-8-19(11-24(23)40-2)21-14-34-29(35-15-21)41-25(12-26(32)37)28(38)33-13-18-5-4-10-36(16-18)17-20-6-3-7-22(30)27(20)31/h3,6-9,11,14-15,18,25H,4-5,10,12-13,16-17H2,1-2H3,(H2,32,37)(H,33,38). The van der Waals surface area contributed by atoms with E-state index in [1.54, 1.807) is 32.7 Å². The summed E-state index contributed by atoms with van der Waals surface area (Å²) >= 11 is 13.7. The number of carbonyl (C=O) groups is 2. The van der Waals surface area contributed by atoms with Gasteiger partial charge < -0.3 is 20.5 Å². The lowest BCUT2D eigenvalue weighted by atomic mass is 9.97. The number of amides is 2. The number of nitrogens with two attached hydrogens (primary N) is 1. The first-order chi connectivity index (χ1) is 19.8. The van der Waals surface area contributed by atoms with Crippen LogP contribution in [0.3, 0.4) is 0 Å². The van der Waals surface area contributed by atoms with Crippen LogP contribution < -0.4 is 20.5 Å². The molecule has 218 valence electrons. The molecule has 0 saturated carbocycles. The van der Waals surface area contributed by atoms with Crippen molar-refractivity contribution in [1.29, 1.82) is 0 Å². The van der Waals surface area contributed by atoms with Crippen LogP contribution in [-0.2, 0) is 16.1 Å². The molecule has 3 N–H and O–H groups in total. The number of nitrogens with zero attached hydrogens (tertiary/aromatic N) is 3. The van der Waals surface area contributed by atoms with Crippen molar-refractivity contribution in [1.82, 2.24) is 20.2 Å². The lowest BCUT2D eigenvalue weighted by molar-refractivity contribution is -0.124. The molecule has 12 heteroatoms. The molecular weight excluding hydrogens is 585 g/mol. The van der Waals surface area contributed by atoms with Crippen LogP contribution in [0, 0.1) is 5.92 Å². The summed E-state index contributed by atoms with van der Waals surface area (Å²) in [7, 11) is 3.15. The summed E-state index contributed by atoms with van der Waals surface area (Å²) in [5.74, 6) is 0.646. The van der Waals surface area contributed by atoms with Crippen molar-refractivity contribution in [3.8, 4) is 22.6 Å². The number of likely N-dealkylation sites (tertiary alicyclic amines) is 1. The van der Waals surface area contributed by atoms with Gasteiger partial charge in [0, 0.05) is 44.0 Å². The van der Waals surface area contributed by atoms with E-state index in [4.69, 9.17) is 38.4 Å². The largest absolute Gasteiger partial charge is 0.493 e. The number of thioether (sulfide) groups is 1. The highest BCUT2D eigenvalue weighted by atomic mass is 35.5. The molecule has 0 radical (unpaired) electrons. The SMILES string of the molecule is COc1ccc(-c2cnc(SC(CC(N)=O)C(=O)NCC3CCCN(Cc4cccc(Cl)c4Cl)C3)nc2)cc1OC. The van der Waals surface area contributed by atoms with E-state index in [2.05, 4.69) is 20.2 Å². The number of aromatic nitrogens is 2. The van der Waals surface area contributed by atoms with Gasteiger partial charge in [-0.3, -0.25) is 14.5 Å². The van der Waals surface area contributed by atoms with E-state index in [-0.39, 0.29) is 18.2 Å². The Morgan fingerprint density at radius 2 is 1.88 bits per heavy atom. The van der Waals surface area contributed by atoms with Gasteiger partial charge in [0.15, 0.2) is 16.7 Å². The van der Waals surface area contributed by atoms with E-state index in [0.29, 0.717) is 39.8 Å². The molecule has 0 spiro atoms. The normalized spacial score (nSPS) is 16.1. The molecule has 1 aromatic heterocycles. The monoisotopic (exact) mass is 617 g/mol. The smallest absolute Gasteiger partial charge is 0.234 e. The van der Waals surface area contributed by atoms with E-state index in [1.165, 1.54) is 0 Å². The number of halogens is 2. The maximum atomic E-state index is 13.1. The number of benzene rings is 2. The fraction of sp³-hybridized carbons (Fsp3) is 0.379. The molecule has 1 aliphatic rings. The van der Waals surface area contributed by atoms with Crippen LogP contribution >= 0.6 is 35.0 Å². The molecule has 2 heterocycles. The Kier molecular flexibility index (Phi) is 11.1. The quantitative estimate of drug-likeness (QED) is 0.219. The first kappa shape index (κ1) is 30.9. The maximum Gasteiger partial charge on any atom is 0.234 e. The third kappa shape index (κ3) is 8.48. The number of ether oxygens (including phenoxy) is 2. The zero-order valence-corrected chi connectivity index (χ0v) is 25.3. The van der Waals surface area contributed by atoms with Crippen molar-refractivity contribution in [2.45, 2.75) is 36.2 Å². The third-order valence-corrected chi connectivity index (χ3v) is 8.81. The number of carbonyl (C=O) groups excluding carboxylic acids is 2. The number of hydrogen-bond acceptors (Lipinski definition) is 8. The van der Waals surface area contributed by atoms with Gasteiger partial charge in [0.05, 0.1) is 29.5 Å². The first-order valence-corrected chi connectivity index (χ1v) is 14.8. The van der Waals surface area contributed by atoms with Crippen LogP contribution in [0.2, 0.25) is 10.0 Å². The second-order valence-corrected chi connectivity index (χ2v) is 11.8. The van der Waals surface area contributed by atoms with E-state index in [0.717, 1.165) is 54.4 Å². The van der Waals surface area contributed by atoms with Crippen molar-refractivity contribution in [3.05, 3.63) is 64.4 Å². The van der Waals surface area contributed by atoms with Gasteiger partial charge in [-0.1, -0.05) is 53.2 Å². The number of hydrogen-bond donors (Lipinski definition) is 2. The van der Waals surface area contributed by atoms with Crippen molar-refractivity contribution in [3.63, 3.8) is 0 Å². The molecule has 4 rings (SSSR count). The van der Waals surface area contributed by atoms with Gasteiger partial charge in [-0.2, -0.15) is 0 Å². The van der Waals surface area contributed by atoms with Crippen LogP contribution in [0.15, 0.2) is 53.9 Å². The van der Waals surface area contributed by atoms with Crippen LogP contribution in [-0.4, -0.2) is 65.8 Å². The van der Waals surface area contributed by atoms with Crippen LogP contribution in [0.25, 0.3) is 11.1 Å². The third-order valence-electron chi connectivity index (χ3n) is 6.87. The summed E-state index contributed by atoms with van der Waals surface area (Å²) < 4.78 is 10.7. The molecule has 1 saturated heterocycles. The second-order valence-electron chi connectivity index (χ2n) is 9.80. The number of piperidine rings is 1. The van der Waals surface area contributed by atoms with Crippen LogP contribution in [0.1, 0.15) is 24.8 Å². The Balaban J connectivity index is 1.35. The van der Waals surface area contributed by atoms with E-state index in [9.17, 15) is 9.59 Å². The molecule has 0 aliphatic carbocycles. The molecule has 2 amide bonds. The predicted octanol–water partition coefficient (Wildman–Crippen LogP) is 4.83. The zero-order valence-electron chi connectivity index (χ0n) is 22.9. The summed E-state index contributed by atoms with van der Waals surface area (Å²) in [4.78, 5) is 36.1. The van der Waals surface area contributed by atoms with Crippen LogP contribution in [0.4, 0.5) is 0 Å². The predicted molar refractivity (Wildman–Crippen MR) is 162 cm³/mol. The molecular formula is C29H33Cl2N5O4S. The van der Waals surface area contributed by atoms with Crippen molar-refractivity contribution in [2.24, 2.45) is 11.7 Å². The van der Waals surface area contributed by atoms with Crippen molar-refractivity contribution < 1.29 is 19.1 Å². The van der Waals surface area contributed by atoms with Crippen molar-refractivity contribution >= 4 is 46.8 Å². The highest BCUT2D eigenvalue weighted by Crippen LogP contribution is 2.33. The summed E-state index contributed by atoms with van der Waals surface area (Å²) in [6, 6.07) is 11.2. The van der Waals surface area contributed by atoms with Gasteiger partial charge in [0.25, 0.3) is 0 Å². The zero-order chi connectivity index (χ0) is 29.4. The molecule has 2 unspecified atom stereocenters. The lowest BCUT2D eigenvalue weighted by Crippen LogP contribution is -2.43. The average molecular weight is 619 g/mol. The maximum absolute atomic E-state index is 13.1. The van der Waals surface area contributed by atoms with Gasteiger partial charge in [-0.15, -0.1) is 0 Å². The van der Waals surface area contributed by atoms with E-state index < -0.39 is 11.2 Å². The molecule has 41 heavy (non-hydrogen) atoms. The highest BCUT2D eigenvalue weighted by molar-refractivity contribution is 8.00. The van der Waals surface area contributed by atoms with E-state index >= 15 is 0 Å². The lowest BCUT2D eigenvalue weighted by Gasteiger charge is -2.33. The minimum atomic E-state index is -0.746. The number of methoxy groups -OCH3 is 2. The Morgan fingerprint density at radius 3 is 2.59 bits per heavy atom. The Morgan fingerprint density at radius 1 is 1.12 bits per heavy atom. The first-order valence-electron chi connectivity index (χ1n) is 13.2. The summed E-state index contributed by atoms with van der Waals surface area (Å²) in [6.07, 6.45) is 5.21. The van der Waals surface area contributed by atoms with Gasteiger partial charge in [0.1, 0.15) is 0 Å². The molecule has 3 aromatic rings.